The Balaban J connectivity index is 2.23. The van der Waals surface area contributed by atoms with E-state index in [1.54, 1.807) is 6.20 Å². The Labute approximate surface area is 86.3 Å². The highest BCUT2D eigenvalue weighted by atomic mass is 16.1. The van der Waals surface area contributed by atoms with Gasteiger partial charge in [0.25, 0.3) is 5.91 Å². The number of aromatic nitrogens is 2. The van der Waals surface area contributed by atoms with Crippen LogP contribution >= 0.6 is 0 Å². The molecule has 15 heavy (non-hydrogen) atoms. The molecule has 0 saturated carbocycles. The molecule has 1 aromatic carbocycles. The summed E-state index contributed by atoms with van der Waals surface area (Å²) in [4.78, 5) is 11.5. The number of carbonyl (C=O) groups is 1. The van der Waals surface area contributed by atoms with Gasteiger partial charge in [0.1, 0.15) is 0 Å². The Bertz CT molecular complexity index is 517. The second-order valence-electron chi connectivity index (χ2n) is 3.50. The predicted octanol–water partition coefficient (Wildman–Crippen LogP) is 1.32. The molecule has 0 aliphatic carbocycles. The van der Waals surface area contributed by atoms with Gasteiger partial charge in [-0.05, 0) is 17.2 Å². The van der Waals surface area contributed by atoms with Crippen LogP contribution in [0.15, 0.2) is 30.6 Å². The number of rotatable bonds is 1. The van der Waals surface area contributed by atoms with Gasteiger partial charge < -0.3 is 5.32 Å². The Kier molecular flexibility index (Phi) is 1.62. The lowest BCUT2D eigenvalue weighted by Crippen LogP contribution is -2.12. The summed E-state index contributed by atoms with van der Waals surface area (Å²) in [6, 6.07) is 5.75. The molecule has 0 bridgehead atoms. The van der Waals surface area contributed by atoms with Crippen molar-refractivity contribution in [1.29, 1.82) is 0 Å². The van der Waals surface area contributed by atoms with Crippen LogP contribution in [0.2, 0.25) is 0 Å². The highest BCUT2D eigenvalue weighted by molar-refractivity contribution is 6.00. The first-order chi connectivity index (χ1) is 7.36. The molecule has 74 valence electrons. The SMILES string of the molecule is O=C1NCc2c1cccc2-c1cn[nH]c1. The van der Waals surface area contributed by atoms with Crippen LogP contribution in [0.25, 0.3) is 11.1 Å². The molecule has 0 unspecified atom stereocenters. The van der Waals surface area contributed by atoms with Gasteiger partial charge in [-0.25, -0.2) is 0 Å². The van der Waals surface area contributed by atoms with E-state index in [-0.39, 0.29) is 5.91 Å². The minimum absolute atomic E-state index is 0.00958. The van der Waals surface area contributed by atoms with Crippen molar-refractivity contribution >= 4 is 5.91 Å². The number of carbonyl (C=O) groups excluding carboxylic acids is 1. The van der Waals surface area contributed by atoms with Crippen molar-refractivity contribution in [2.24, 2.45) is 0 Å². The lowest BCUT2D eigenvalue weighted by Gasteiger charge is -2.03. The summed E-state index contributed by atoms with van der Waals surface area (Å²) >= 11 is 0. The van der Waals surface area contributed by atoms with E-state index in [9.17, 15) is 4.79 Å². The highest BCUT2D eigenvalue weighted by Gasteiger charge is 2.21. The van der Waals surface area contributed by atoms with Crippen LogP contribution in [-0.2, 0) is 6.54 Å². The second-order valence-corrected chi connectivity index (χ2v) is 3.50. The summed E-state index contributed by atoms with van der Waals surface area (Å²) in [6.45, 7) is 0.607. The molecule has 4 nitrogen and oxygen atoms in total. The molecule has 0 saturated heterocycles. The number of hydrogen-bond donors (Lipinski definition) is 2. The first kappa shape index (κ1) is 8.23. The third-order valence-corrected chi connectivity index (χ3v) is 2.66. The van der Waals surface area contributed by atoms with E-state index in [0.29, 0.717) is 6.54 Å². The van der Waals surface area contributed by atoms with Gasteiger partial charge in [0.2, 0.25) is 0 Å². The van der Waals surface area contributed by atoms with Crippen LogP contribution in [0.4, 0.5) is 0 Å². The maximum atomic E-state index is 11.5. The lowest BCUT2D eigenvalue weighted by molar-refractivity contribution is 0.0966. The summed E-state index contributed by atoms with van der Waals surface area (Å²) in [5.74, 6) is 0.00958. The molecule has 1 amide bonds. The Morgan fingerprint density at radius 3 is 2.93 bits per heavy atom. The van der Waals surface area contributed by atoms with Gasteiger partial charge in [-0.1, -0.05) is 12.1 Å². The Morgan fingerprint density at radius 1 is 1.27 bits per heavy atom. The third-order valence-electron chi connectivity index (χ3n) is 2.66. The first-order valence-corrected chi connectivity index (χ1v) is 4.75. The number of nitrogens with zero attached hydrogens (tertiary/aromatic N) is 1. The van der Waals surface area contributed by atoms with E-state index < -0.39 is 0 Å². The van der Waals surface area contributed by atoms with Gasteiger partial charge in [0.15, 0.2) is 0 Å². The maximum Gasteiger partial charge on any atom is 0.251 e. The largest absolute Gasteiger partial charge is 0.348 e. The topological polar surface area (TPSA) is 57.8 Å². The van der Waals surface area contributed by atoms with E-state index in [1.807, 2.05) is 24.4 Å². The van der Waals surface area contributed by atoms with Gasteiger partial charge >= 0.3 is 0 Å². The molecule has 1 aliphatic rings. The molecule has 1 aliphatic heterocycles. The fourth-order valence-electron chi connectivity index (χ4n) is 1.92. The molecule has 2 aromatic rings. The summed E-state index contributed by atoms with van der Waals surface area (Å²) < 4.78 is 0. The fourth-order valence-corrected chi connectivity index (χ4v) is 1.92. The summed E-state index contributed by atoms with van der Waals surface area (Å²) in [7, 11) is 0. The van der Waals surface area contributed by atoms with Gasteiger partial charge in [-0.2, -0.15) is 5.10 Å². The average Bonchev–Trinajstić information content (AvgIpc) is 2.88. The highest BCUT2D eigenvalue weighted by Crippen LogP contribution is 2.28. The molecule has 0 fully saturated rings. The van der Waals surface area contributed by atoms with Crippen molar-refractivity contribution in [3.8, 4) is 11.1 Å². The van der Waals surface area contributed by atoms with E-state index in [0.717, 1.165) is 22.3 Å². The number of benzene rings is 1. The normalized spacial score (nSPS) is 13.7. The molecule has 0 atom stereocenters. The van der Waals surface area contributed by atoms with Crippen molar-refractivity contribution < 1.29 is 4.79 Å². The molecule has 2 N–H and O–H groups in total. The monoisotopic (exact) mass is 199 g/mol. The van der Waals surface area contributed by atoms with Crippen molar-refractivity contribution in [2.75, 3.05) is 0 Å². The van der Waals surface area contributed by atoms with Crippen molar-refractivity contribution in [3.63, 3.8) is 0 Å². The number of fused-ring (bicyclic) bond motifs is 1. The quantitative estimate of drug-likeness (QED) is 0.727. The number of aromatic amines is 1. The zero-order chi connectivity index (χ0) is 10.3. The molecular weight excluding hydrogens is 190 g/mol. The van der Waals surface area contributed by atoms with Gasteiger partial charge in [-0.3, -0.25) is 9.89 Å². The molecular formula is C11H9N3O. The van der Waals surface area contributed by atoms with Crippen LogP contribution in [0.5, 0.6) is 0 Å². The Morgan fingerprint density at radius 2 is 2.13 bits per heavy atom. The van der Waals surface area contributed by atoms with E-state index >= 15 is 0 Å². The van der Waals surface area contributed by atoms with Crippen molar-refractivity contribution in [3.05, 3.63) is 41.7 Å². The molecule has 0 radical (unpaired) electrons. The lowest BCUT2D eigenvalue weighted by atomic mass is 9.99. The first-order valence-electron chi connectivity index (χ1n) is 4.75. The molecule has 3 rings (SSSR count). The molecule has 1 aromatic heterocycles. The van der Waals surface area contributed by atoms with Crippen LogP contribution in [0.3, 0.4) is 0 Å². The fraction of sp³-hybridized carbons (Fsp3) is 0.0909. The number of hydrogen-bond acceptors (Lipinski definition) is 2. The van der Waals surface area contributed by atoms with Crippen LogP contribution < -0.4 is 5.32 Å². The Hall–Kier alpha value is -2.10. The second kappa shape index (κ2) is 2.95. The number of amides is 1. The van der Waals surface area contributed by atoms with E-state index in [1.165, 1.54) is 0 Å². The molecule has 4 heteroatoms. The van der Waals surface area contributed by atoms with Crippen LogP contribution in [0, 0.1) is 0 Å². The van der Waals surface area contributed by atoms with Crippen LogP contribution in [0.1, 0.15) is 15.9 Å². The number of nitrogens with one attached hydrogen (secondary N) is 2. The summed E-state index contributed by atoms with van der Waals surface area (Å²) in [5.41, 5.74) is 3.92. The zero-order valence-corrected chi connectivity index (χ0v) is 7.95. The summed E-state index contributed by atoms with van der Waals surface area (Å²) in [6.07, 6.45) is 3.59. The van der Waals surface area contributed by atoms with Crippen LogP contribution in [-0.4, -0.2) is 16.1 Å². The predicted molar refractivity (Wildman–Crippen MR) is 55.2 cm³/mol. The van der Waals surface area contributed by atoms with E-state index in [4.69, 9.17) is 0 Å². The number of H-pyrrole nitrogens is 1. The zero-order valence-electron chi connectivity index (χ0n) is 7.95. The summed E-state index contributed by atoms with van der Waals surface area (Å²) in [5, 5.41) is 9.51. The smallest absolute Gasteiger partial charge is 0.251 e. The van der Waals surface area contributed by atoms with Crippen molar-refractivity contribution in [2.45, 2.75) is 6.54 Å². The van der Waals surface area contributed by atoms with Gasteiger partial charge in [-0.15, -0.1) is 0 Å². The minimum Gasteiger partial charge on any atom is -0.348 e. The maximum absolute atomic E-state index is 11.5. The van der Waals surface area contributed by atoms with Gasteiger partial charge in [0.05, 0.1) is 6.20 Å². The van der Waals surface area contributed by atoms with Gasteiger partial charge in [0, 0.05) is 23.9 Å². The van der Waals surface area contributed by atoms with E-state index in [2.05, 4.69) is 15.5 Å². The average molecular weight is 199 g/mol. The minimum atomic E-state index is 0.00958. The molecule has 2 heterocycles. The third kappa shape index (κ3) is 1.15. The standard InChI is InChI=1S/C11H9N3O/c15-11-9-3-1-2-8(10(9)6-12-11)7-4-13-14-5-7/h1-5H,6H2,(H,12,15)(H,13,14). The molecule has 0 spiro atoms. The van der Waals surface area contributed by atoms with Crippen molar-refractivity contribution in [1.82, 2.24) is 15.5 Å².